The van der Waals surface area contributed by atoms with E-state index in [1.165, 1.54) is 4.90 Å². The molecule has 2 heterocycles. The third kappa shape index (κ3) is 3.06. The first-order valence-corrected chi connectivity index (χ1v) is 9.78. The number of benzene rings is 3. The van der Waals surface area contributed by atoms with Gasteiger partial charge < -0.3 is 14.8 Å². The van der Waals surface area contributed by atoms with Crippen LogP contribution in [0.2, 0.25) is 0 Å². The Balaban J connectivity index is 1.49. The van der Waals surface area contributed by atoms with Crippen molar-refractivity contribution in [1.29, 1.82) is 0 Å². The second-order valence-electron chi connectivity index (χ2n) is 7.44. The highest BCUT2D eigenvalue weighted by atomic mass is 16.7. The molecule has 1 N–H and O–H groups in total. The summed E-state index contributed by atoms with van der Waals surface area (Å²) in [7, 11) is 0. The smallest absolute Gasteiger partial charge is 0.325 e. The lowest BCUT2D eigenvalue weighted by molar-refractivity contribution is -0.132. The van der Waals surface area contributed by atoms with Crippen molar-refractivity contribution in [2.75, 3.05) is 6.79 Å². The fourth-order valence-corrected chi connectivity index (χ4v) is 4.03. The number of urea groups is 1. The van der Waals surface area contributed by atoms with E-state index in [0.717, 1.165) is 16.7 Å². The molecule has 30 heavy (non-hydrogen) atoms. The van der Waals surface area contributed by atoms with Crippen molar-refractivity contribution in [2.45, 2.75) is 18.5 Å². The standard InChI is InChI=1S/C24H20N2O4/c27-22-24(19-9-5-2-6-10-19,14-17-7-3-1-4-8-17)25-23(28)26(22)15-18-11-12-20-21(13-18)30-16-29-20/h1-13H,14-16H2,(H,25,28)/t24-/m0/s1. The van der Waals surface area contributed by atoms with E-state index in [-0.39, 0.29) is 19.2 Å². The maximum atomic E-state index is 13.7. The number of rotatable bonds is 5. The predicted molar refractivity (Wildman–Crippen MR) is 110 cm³/mol. The topological polar surface area (TPSA) is 67.9 Å². The van der Waals surface area contributed by atoms with Crippen molar-refractivity contribution in [3.63, 3.8) is 0 Å². The van der Waals surface area contributed by atoms with E-state index in [2.05, 4.69) is 5.32 Å². The number of fused-ring (bicyclic) bond motifs is 1. The Labute approximate surface area is 174 Å². The molecule has 0 aromatic heterocycles. The van der Waals surface area contributed by atoms with Crippen LogP contribution in [0.4, 0.5) is 4.79 Å². The molecule has 0 spiro atoms. The van der Waals surface area contributed by atoms with Crippen LogP contribution in [0.25, 0.3) is 0 Å². The first kappa shape index (κ1) is 18.2. The van der Waals surface area contributed by atoms with Crippen LogP contribution in [-0.2, 0) is 23.3 Å². The molecule has 6 heteroatoms. The fourth-order valence-electron chi connectivity index (χ4n) is 4.03. The average molecular weight is 400 g/mol. The molecule has 2 aliphatic rings. The molecule has 6 nitrogen and oxygen atoms in total. The number of carbonyl (C=O) groups is 2. The van der Waals surface area contributed by atoms with Gasteiger partial charge in [0.15, 0.2) is 17.0 Å². The summed E-state index contributed by atoms with van der Waals surface area (Å²) in [5.74, 6) is 1.03. The molecule has 1 fully saturated rings. The van der Waals surface area contributed by atoms with Crippen molar-refractivity contribution in [3.05, 3.63) is 95.6 Å². The van der Waals surface area contributed by atoms with Gasteiger partial charge in [0.1, 0.15) is 0 Å². The summed E-state index contributed by atoms with van der Waals surface area (Å²) in [5, 5.41) is 2.99. The van der Waals surface area contributed by atoms with E-state index < -0.39 is 11.6 Å². The van der Waals surface area contributed by atoms with Gasteiger partial charge in [0.05, 0.1) is 6.54 Å². The molecule has 0 unspecified atom stereocenters. The molecule has 0 aliphatic carbocycles. The second kappa shape index (κ2) is 7.22. The lowest BCUT2D eigenvalue weighted by Crippen LogP contribution is -2.46. The highest BCUT2D eigenvalue weighted by Gasteiger charge is 2.52. The van der Waals surface area contributed by atoms with Gasteiger partial charge in [-0.05, 0) is 28.8 Å². The first-order chi connectivity index (χ1) is 14.7. The molecular weight excluding hydrogens is 380 g/mol. The van der Waals surface area contributed by atoms with Gasteiger partial charge in [-0.1, -0.05) is 66.7 Å². The first-order valence-electron chi connectivity index (χ1n) is 9.78. The molecule has 5 rings (SSSR count). The molecule has 0 bridgehead atoms. The Bertz CT molecular complexity index is 1100. The zero-order chi connectivity index (χ0) is 20.6. The van der Waals surface area contributed by atoms with Crippen LogP contribution < -0.4 is 14.8 Å². The van der Waals surface area contributed by atoms with Crippen LogP contribution in [0.15, 0.2) is 78.9 Å². The van der Waals surface area contributed by atoms with Crippen molar-refractivity contribution >= 4 is 11.9 Å². The Hall–Kier alpha value is -3.80. The van der Waals surface area contributed by atoms with Gasteiger partial charge in [-0.15, -0.1) is 0 Å². The van der Waals surface area contributed by atoms with Crippen molar-refractivity contribution in [2.24, 2.45) is 0 Å². The van der Waals surface area contributed by atoms with Crippen molar-refractivity contribution in [3.8, 4) is 11.5 Å². The number of imide groups is 1. The number of hydrogen-bond acceptors (Lipinski definition) is 4. The molecular formula is C24H20N2O4. The minimum absolute atomic E-state index is 0.157. The molecule has 0 saturated carbocycles. The van der Waals surface area contributed by atoms with Gasteiger partial charge in [-0.2, -0.15) is 0 Å². The highest BCUT2D eigenvalue weighted by Crippen LogP contribution is 2.36. The minimum atomic E-state index is -1.14. The van der Waals surface area contributed by atoms with Gasteiger partial charge in [0.2, 0.25) is 6.79 Å². The number of amides is 3. The number of nitrogens with zero attached hydrogens (tertiary/aromatic N) is 1. The molecule has 3 aromatic carbocycles. The van der Waals surface area contributed by atoms with Crippen molar-refractivity contribution < 1.29 is 19.1 Å². The summed E-state index contributed by atoms with van der Waals surface area (Å²) in [5.41, 5.74) is 1.39. The maximum absolute atomic E-state index is 13.7. The number of nitrogens with one attached hydrogen (secondary N) is 1. The van der Waals surface area contributed by atoms with E-state index in [1.807, 2.05) is 72.8 Å². The largest absolute Gasteiger partial charge is 0.454 e. The van der Waals surface area contributed by atoms with Gasteiger partial charge >= 0.3 is 6.03 Å². The Morgan fingerprint density at radius 2 is 1.53 bits per heavy atom. The minimum Gasteiger partial charge on any atom is -0.454 e. The molecule has 3 aromatic rings. The zero-order valence-electron chi connectivity index (χ0n) is 16.2. The van der Waals surface area contributed by atoms with E-state index in [9.17, 15) is 9.59 Å². The molecule has 1 atom stereocenters. The molecule has 1 saturated heterocycles. The SMILES string of the molecule is O=C1N[C@@](Cc2ccccc2)(c2ccccc2)C(=O)N1Cc1ccc2c(c1)OCO2. The normalized spacial score (nSPS) is 19.8. The lowest BCUT2D eigenvalue weighted by Gasteiger charge is -2.27. The molecule has 3 amide bonds. The van der Waals surface area contributed by atoms with Gasteiger partial charge in [-0.3, -0.25) is 9.69 Å². The summed E-state index contributed by atoms with van der Waals surface area (Å²) in [6, 6.07) is 24.2. The summed E-state index contributed by atoms with van der Waals surface area (Å²) < 4.78 is 10.8. The zero-order valence-corrected chi connectivity index (χ0v) is 16.2. The van der Waals surface area contributed by atoms with Crippen LogP contribution in [0.3, 0.4) is 0 Å². The fraction of sp³-hybridized carbons (Fsp3) is 0.167. The summed E-state index contributed by atoms with van der Waals surface area (Å²) in [4.78, 5) is 27.9. The number of carbonyl (C=O) groups excluding carboxylic acids is 2. The third-order valence-electron chi connectivity index (χ3n) is 5.53. The second-order valence-corrected chi connectivity index (χ2v) is 7.44. The Morgan fingerprint density at radius 1 is 0.833 bits per heavy atom. The van der Waals surface area contributed by atoms with Crippen molar-refractivity contribution in [1.82, 2.24) is 10.2 Å². The Kier molecular flexibility index (Phi) is 4.39. The third-order valence-corrected chi connectivity index (χ3v) is 5.53. The van der Waals surface area contributed by atoms with Crippen LogP contribution in [0.1, 0.15) is 16.7 Å². The highest BCUT2D eigenvalue weighted by molar-refractivity contribution is 6.07. The number of hydrogen-bond donors (Lipinski definition) is 1. The van der Waals surface area contributed by atoms with Gasteiger partial charge in [0.25, 0.3) is 5.91 Å². The molecule has 0 radical (unpaired) electrons. The van der Waals surface area contributed by atoms with Crippen LogP contribution >= 0.6 is 0 Å². The van der Waals surface area contributed by atoms with Crippen LogP contribution in [0, 0.1) is 0 Å². The van der Waals surface area contributed by atoms with Gasteiger partial charge in [0, 0.05) is 6.42 Å². The van der Waals surface area contributed by atoms with E-state index >= 15 is 0 Å². The number of ether oxygens (including phenoxy) is 2. The van der Waals surface area contributed by atoms with Gasteiger partial charge in [-0.25, -0.2) is 4.79 Å². The summed E-state index contributed by atoms with van der Waals surface area (Å²) in [6.45, 7) is 0.334. The van der Waals surface area contributed by atoms with Crippen LogP contribution in [0.5, 0.6) is 11.5 Å². The van der Waals surface area contributed by atoms with E-state index in [0.29, 0.717) is 17.9 Å². The maximum Gasteiger partial charge on any atom is 0.325 e. The van der Waals surface area contributed by atoms with Crippen LogP contribution in [-0.4, -0.2) is 23.6 Å². The molecule has 150 valence electrons. The summed E-state index contributed by atoms with van der Waals surface area (Å²) in [6.07, 6.45) is 0.375. The summed E-state index contributed by atoms with van der Waals surface area (Å²) >= 11 is 0. The molecule has 2 aliphatic heterocycles. The van der Waals surface area contributed by atoms with E-state index in [1.54, 1.807) is 6.07 Å². The van der Waals surface area contributed by atoms with E-state index in [4.69, 9.17) is 9.47 Å². The lowest BCUT2D eigenvalue weighted by atomic mass is 9.83. The average Bonchev–Trinajstić information content (AvgIpc) is 3.34. The monoisotopic (exact) mass is 400 g/mol. The quantitative estimate of drug-likeness (QED) is 0.665. The predicted octanol–water partition coefficient (Wildman–Crippen LogP) is 3.61. The Morgan fingerprint density at radius 3 is 2.30 bits per heavy atom.